The third-order valence-electron chi connectivity index (χ3n) is 4.61. The van der Waals surface area contributed by atoms with E-state index in [1.807, 2.05) is 24.6 Å². The smallest absolute Gasteiger partial charge is 0.228 e. The number of carbonyl (C=O) groups is 1. The van der Waals surface area contributed by atoms with Crippen LogP contribution >= 0.6 is 0 Å². The Morgan fingerprint density at radius 1 is 1.35 bits per heavy atom. The molecule has 0 unspecified atom stereocenters. The Hall–Kier alpha value is -2.96. The number of aryl methyl sites for hydroxylation is 2. The molecule has 2 N–H and O–H groups in total. The van der Waals surface area contributed by atoms with Crippen molar-refractivity contribution in [3.05, 3.63) is 42.0 Å². The van der Waals surface area contributed by atoms with Crippen molar-refractivity contribution in [3.8, 4) is 0 Å². The lowest BCUT2D eigenvalue weighted by Gasteiger charge is -2.13. The highest BCUT2D eigenvalue weighted by molar-refractivity contribution is 6.00. The summed E-state index contributed by atoms with van der Waals surface area (Å²) in [7, 11) is 1.89. The maximum atomic E-state index is 13.5. The van der Waals surface area contributed by atoms with E-state index in [0.29, 0.717) is 23.6 Å². The molecule has 0 atom stereocenters. The van der Waals surface area contributed by atoms with Gasteiger partial charge in [-0.3, -0.25) is 4.79 Å². The number of imidazole rings is 1. The second-order valence-corrected chi connectivity index (χ2v) is 6.62. The van der Waals surface area contributed by atoms with Crippen molar-refractivity contribution in [3.63, 3.8) is 0 Å². The van der Waals surface area contributed by atoms with Gasteiger partial charge in [0.25, 0.3) is 0 Å². The Balaban J connectivity index is 1.73. The number of halogens is 1. The third-order valence-corrected chi connectivity index (χ3v) is 4.61. The van der Waals surface area contributed by atoms with Crippen LogP contribution < -0.4 is 10.6 Å². The maximum Gasteiger partial charge on any atom is 0.228 e. The number of benzene rings is 1. The molecule has 0 bridgehead atoms. The van der Waals surface area contributed by atoms with E-state index < -0.39 is 0 Å². The zero-order valence-electron chi connectivity index (χ0n) is 14.7. The van der Waals surface area contributed by atoms with Gasteiger partial charge in [0, 0.05) is 24.7 Å². The molecule has 1 fully saturated rings. The molecule has 1 amide bonds. The van der Waals surface area contributed by atoms with Crippen LogP contribution in [0, 0.1) is 11.7 Å². The van der Waals surface area contributed by atoms with Crippen molar-refractivity contribution < 1.29 is 9.18 Å². The first-order valence-corrected chi connectivity index (χ1v) is 8.73. The van der Waals surface area contributed by atoms with Crippen molar-refractivity contribution in [2.45, 2.75) is 26.2 Å². The molecular weight excluding hydrogens is 333 g/mol. The monoisotopic (exact) mass is 353 g/mol. The van der Waals surface area contributed by atoms with E-state index in [9.17, 15) is 9.18 Å². The van der Waals surface area contributed by atoms with Crippen molar-refractivity contribution in [2.24, 2.45) is 13.0 Å². The highest BCUT2D eigenvalue weighted by Crippen LogP contribution is 2.32. The number of rotatable bonds is 5. The molecule has 1 aromatic carbocycles. The van der Waals surface area contributed by atoms with Gasteiger partial charge in [-0.05, 0) is 43.0 Å². The number of amides is 1. The Morgan fingerprint density at radius 2 is 2.15 bits per heavy atom. The predicted molar refractivity (Wildman–Crippen MR) is 98.9 cm³/mol. The van der Waals surface area contributed by atoms with Gasteiger partial charge in [-0.2, -0.15) is 0 Å². The van der Waals surface area contributed by atoms with Crippen LogP contribution in [0.3, 0.4) is 0 Å². The van der Waals surface area contributed by atoms with Crippen LogP contribution in [-0.4, -0.2) is 20.4 Å². The molecule has 0 spiro atoms. The number of nitrogens with one attached hydrogen (secondary N) is 2. The fourth-order valence-corrected chi connectivity index (χ4v) is 2.96. The number of carbonyl (C=O) groups excluding carboxylic acids is 1. The number of pyridine rings is 1. The van der Waals surface area contributed by atoms with Gasteiger partial charge in [0.05, 0.1) is 11.8 Å². The molecule has 0 saturated heterocycles. The standard InChI is InChI=1S/C19H20FN5O/c1-3-11-8-13(20)6-7-14(11)22-16-9-15-17(21-10-25(15)2)18(23-16)24-19(26)12-4-5-12/h6-10,12H,3-5H2,1-2H3,(H2,22,23,24,26). The van der Waals surface area contributed by atoms with Crippen LogP contribution in [0.4, 0.5) is 21.7 Å². The predicted octanol–water partition coefficient (Wildman–Crippen LogP) is 3.76. The lowest BCUT2D eigenvalue weighted by Crippen LogP contribution is -2.15. The van der Waals surface area contributed by atoms with Gasteiger partial charge in [0.1, 0.15) is 17.2 Å². The van der Waals surface area contributed by atoms with E-state index in [0.717, 1.165) is 29.6 Å². The fraction of sp³-hybridized carbons (Fsp3) is 0.316. The van der Waals surface area contributed by atoms with Gasteiger partial charge in [0.2, 0.25) is 5.91 Å². The summed E-state index contributed by atoms with van der Waals surface area (Å²) in [5.74, 6) is 0.824. The maximum absolute atomic E-state index is 13.5. The van der Waals surface area contributed by atoms with Crippen LogP contribution in [0.5, 0.6) is 0 Å². The van der Waals surface area contributed by atoms with E-state index >= 15 is 0 Å². The quantitative estimate of drug-likeness (QED) is 0.733. The minimum atomic E-state index is -0.264. The van der Waals surface area contributed by atoms with Gasteiger partial charge >= 0.3 is 0 Å². The van der Waals surface area contributed by atoms with E-state index in [-0.39, 0.29) is 17.6 Å². The van der Waals surface area contributed by atoms with E-state index in [1.165, 1.54) is 12.1 Å². The van der Waals surface area contributed by atoms with Crippen LogP contribution in [-0.2, 0) is 18.3 Å². The van der Waals surface area contributed by atoms with Gasteiger partial charge in [-0.25, -0.2) is 14.4 Å². The van der Waals surface area contributed by atoms with Crippen LogP contribution in [0.1, 0.15) is 25.3 Å². The number of anilines is 3. The molecule has 134 valence electrons. The summed E-state index contributed by atoms with van der Waals surface area (Å²) in [5, 5.41) is 6.15. The number of aromatic nitrogens is 3. The number of nitrogens with zero attached hydrogens (tertiary/aromatic N) is 3. The molecule has 4 rings (SSSR count). The van der Waals surface area contributed by atoms with Crippen molar-refractivity contribution in [2.75, 3.05) is 10.6 Å². The minimum Gasteiger partial charge on any atom is -0.340 e. The number of hydrogen-bond acceptors (Lipinski definition) is 4. The Morgan fingerprint density at radius 3 is 2.88 bits per heavy atom. The Labute approximate surface area is 150 Å². The summed E-state index contributed by atoms with van der Waals surface area (Å²) in [4.78, 5) is 21.1. The molecule has 0 radical (unpaired) electrons. The zero-order chi connectivity index (χ0) is 18.3. The van der Waals surface area contributed by atoms with E-state index in [2.05, 4.69) is 20.6 Å². The summed E-state index contributed by atoms with van der Waals surface area (Å²) >= 11 is 0. The Kier molecular flexibility index (Phi) is 4.06. The zero-order valence-corrected chi connectivity index (χ0v) is 14.7. The Bertz CT molecular complexity index is 993. The summed E-state index contributed by atoms with van der Waals surface area (Å²) in [6, 6.07) is 6.50. The molecule has 1 saturated carbocycles. The summed E-state index contributed by atoms with van der Waals surface area (Å²) in [6.45, 7) is 1.97. The fourth-order valence-electron chi connectivity index (χ4n) is 2.96. The topological polar surface area (TPSA) is 71.8 Å². The molecule has 3 aromatic rings. The first-order chi connectivity index (χ1) is 12.5. The minimum absolute atomic E-state index is 0.0161. The van der Waals surface area contributed by atoms with Crippen LogP contribution in [0.25, 0.3) is 11.0 Å². The molecule has 7 heteroatoms. The summed E-state index contributed by atoms with van der Waals surface area (Å²) < 4.78 is 15.4. The first-order valence-electron chi connectivity index (χ1n) is 8.73. The average molecular weight is 353 g/mol. The highest BCUT2D eigenvalue weighted by atomic mass is 19.1. The molecule has 1 aliphatic rings. The molecule has 26 heavy (non-hydrogen) atoms. The van der Waals surface area contributed by atoms with Crippen LogP contribution in [0.15, 0.2) is 30.6 Å². The summed E-state index contributed by atoms with van der Waals surface area (Å²) in [5.41, 5.74) is 3.17. The normalized spacial score (nSPS) is 13.8. The third kappa shape index (κ3) is 3.12. The molecule has 1 aliphatic carbocycles. The molecule has 2 aromatic heterocycles. The van der Waals surface area contributed by atoms with Crippen molar-refractivity contribution in [1.29, 1.82) is 0 Å². The van der Waals surface area contributed by atoms with E-state index in [1.54, 1.807) is 12.4 Å². The molecule has 6 nitrogen and oxygen atoms in total. The molecule has 0 aliphatic heterocycles. The van der Waals surface area contributed by atoms with Crippen molar-refractivity contribution in [1.82, 2.24) is 14.5 Å². The average Bonchev–Trinajstić information content (AvgIpc) is 3.41. The SMILES string of the molecule is CCc1cc(F)ccc1Nc1cc2c(ncn2C)c(NC(=O)C2CC2)n1. The van der Waals surface area contributed by atoms with Gasteiger partial charge < -0.3 is 15.2 Å². The number of hydrogen-bond donors (Lipinski definition) is 2. The highest BCUT2D eigenvalue weighted by Gasteiger charge is 2.30. The number of fused-ring (bicyclic) bond motifs is 1. The largest absolute Gasteiger partial charge is 0.340 e. The van der Waals surface area contributed by atoms with Gasteiger partial charge in [-0.1, -0.05) is 6.92 Å². The van der Waals surface area contributed by atoms with Crippen LogP contribution in [0.2, 0.25) is 0 Å². The van der Waals surface area contributed by atoms with Gasteiger partial charge in [0.15, 0.2) is 5.82 Å². The van der Waals surface area contributed by atoms with E-state index in [4.69, 9.17) is 0 Å². The lowest BCUT2D eigenvalue weighted by molar-refractivity contribution is -0.117. The molecular formula is C19H20FN5O. The first kappa shape index (κ1) is 16.5. The lowest BCUT2D eigenvalue weighted by atomic mass is 10.1. The van der Waals surface area contributed by atoms with Gasteiger partial charge in [-0.15, -0.1) is 0 Å². The molecule has 2 heterocycles. The second kappa shape index (κ2) is 6.40. The van der Waals surface area contributed by atoms with Crippen molar-refractivity contribution >= 4 is 34.3 Å². The summed E-state index contributed by atoms with van der Waals surface area (Å²) in [6.07, 6.45) is 4.23. The second-order valence-electron chi connectivity index (χ2n) is 6.62.